The summed E-state index contributed by atoms with van der Waals surface area (Å²) >= 11 is 0. The minimum Gasteiger partial charge on any atom is -0.496 e. The molecule has 1 aromatic rings. The Kier molecular flexibility index (Phi) is 2.73. The summed E-state index contributed by atoms with van der Waals surface area (Å²) in [7, 11) is 1.18. The summed E-state index contributed by atoms with van der Waals surface area (Å²) in [4.78, 5) is 13.4. The molecular weight excluding hydrogens is 199 g/mol. The molecule has 0 fully saturated rings. The molecule has 0 bridgehead atoms. The van der Waals surface area contributed by atoms with Crippen LogP contribution in [0.25, 0.3) is 0 Å². The van der Waals surface area contributed by atoms with Gasteiger partial charge < -0.3 is 4.74 Å². The molecule has 0 aliphatic rings. The SMILES string of the molecule is COc1cc(C(F)(F)F)ncc1C=O. The van der Waals surface area contributed by atoms with Crippen molar-refractivity contribution in [2.75, 3.05) is 7.11 Å². The van der Waals surface area contributed by atoms with Crippen LogP contribution in [-0.4, -0.2) is 18.4 Å². The van der Waals surface area contributed by atoms with Gasteiger partial charge in [-0.3, -0.25) is 9.78 Å². The highest BCUT2D eigenvalue weighted by Crippen LogP contribution is 2.30. The Hall–Kier alpha value is -1.59. The molecule has 1 heterocycles. The Morgan fingerprint density at radius 1 is 1.50 bits per heavy atom. The van der Waals surface area contributed by atoms with E-state index in [1.807, 2.05) is 0 Å². The summed E-state index contributed by atoms with van der Waals surface area (Å²) in [5.74, 6) is -0.137. The maximum Gasteiger partial charge on any atom is 0.433 e. The largest absolute Gasteiger partial charge is 0.496 e. The average molecular weight is 205 g/mol. The van der Waals surface area contributed by atoms with Gasteiger partial charge in [0.25, 0.3) is 0 Å². The van der Waals surface area contributed by atoms with Crippen molar-refractivity contribution in [3.8, 4) is 5.75 Å². The van der Waals surface area contributed by atoms with Gasteiger partial charge in [-0.15, -0.1) is 0 Å². The van der Waals surface area contributed by atoms with Gasteiger partial charge in [-0.05, 0) is 0 Å². The number of halogens is 3. The van der Waals surface area contributed by atoms with E-state index in [0.29, 0.717) is 12.4 Å². The van der Waals surface area contributed by atoms with Crippen LogP contribution in [0.3, 0.4) is 0 Å². The molecule has 3 nitrogen and oxygen atoms in total. The van der Waals surface area contributed by atoms with Crippen LogP contribution in [0.5, 0.6) is 5.75 Å². The van der Waals surface area contributed by atoms with Crippen LogP contribution in [0, 0.1) is 0 Å². The molecule has 6 heteroatoms. The summed E-state index contributed by atoms with van der Waals surface area (Å²) in [5.41, 5.74) is -1.10. The monoisotopic (exact) mass is 205 g/mol. The zero-order valence-corrected chi connectivity index (χ0v) is 7.13. The van der Waals surface area contributed by atoms with Gasteiger partial charge in [0.1, 0.15) is 11.4 Å². The summed E-state index contributed by atoms with van der Waals surface area (Å²) in [6.07, 6.45) is -3.32. The summed E-state index contributed by atoms with van der Waals surface area (Å²) in [5, 5.41) is 0. The molecule has 0 aliphatic heterocycles. The van der Waals surface area contributed by atoms with E-state index in [1.165, 1.54) is 7.11 Å². The van der Waals surface area contributed by atoms with Gasteiger partial charge in [0.15, 0.2) is 6.29 Å². The van der Waals surface area contributed by atoms with Crippen molar-refractivity contribution in [1.82, 2.24) is 4.98 Å². The number of ether oxygens (including phenoxy) is 1. The van der Waals surface area contributed by atoms with Crippen LogP contribution >= 0.6 is 0 Å². The third kappa shape index (κ3) is 2.01. The van der Waals surface area contributed by atoms with Crippen molar-refractivity contribution in [3.63, 3.8) is 0 Å². The minimum absolute atomic E-state index is 0.0134. The number of hydrogen-bond donors (Lipinski definition) is 0. The second kappa shape index (κ2) is 3.65. The van der Waals surface area contributed by atoms with E-state index in [1.54, 1.807) is 0 Å². The van der Waals surface area contributed by atoms with Crippen LogP contribution in [0.15, 0.2) is 12.3 Å². The lowest BCUT2D eigenvalue weighted by atomic mass is 10.2. The van der Waals surface area contributed by atoms with E-state index in [9.17, 15) is 18.0 Å². The Morgan fingerprint density at radius 2 is 2.14 bits per heavy atom. The van der Waals surface area contributed by atoms with Crippen molar-refractivity contribution >= 4 is 6.29 Å². The normalized spacial score (nSPS) is 11.1. The maximum atomic E-state index is 12.1. The van der Waals surface area contributed by atoms with Gasteiger partial charge in [0.2, 0.25) is 0 Å². The molecular formula is C8H6F3NO2. The number of rotatable bonds is 2. The molecule has 0 atom stereocenters. The summed E-state index contributed by atoms with van der Waals surface area (Å²) < 4.78 is 41.0. The van der Waals surface area contributed by atoms with Crippen LogP contribution in [0.4, 0.5) is 13.2 Å². The van der Waals surface area contributed by atoms with Crippen molar-refractivity contribution < 1.29 is 22.7 Å². The molecule has 0 radical (unpaired) electrons. The number of aromatic nitrogens is 1. The number of methoxy groups -OCH3 is 1. The van der Waals surface area contributed by atoms with Crippen LogP contribution < -0.4 is 4.74 Å². The first-order valence-electron chi connectivity index (χ1n) is 3.55. The van der Waals surface area contributed by atoms with Crippen LogP contribution in [0.2, 0.25) is 0 Å². The highest BCUT2D eigenvalue weighted by atomic mass is 19.4. The first-order valence-corrected chi connectivity index (χ1v) is 3.55. The molecule has 0 spiro atoms. The number of hydrogen-bond acceptors (Lipinski definition) is 3. The van der Waals surface area contributed by atoms with E-state index in [0.717, 1.165) is 6.20 Å². The second-order valence-corrected chi connectivity index (χ2v) is 2.43. The molecule has 0 N–H and O–H groups in total. The molecule has 0 saturated heterocycles. The summed E-state index contributed by atoms with van der Waals surface area (Å²) in [6, 6.07) is 0.684. The topological polar surface area (TPSA) is 39.2 Å². The standard InChI is InChI=1S/C8H6F3NO2/c1-14-6-2-7(8(9,10)11)12-3-5(6)4-13/h2-4H,1H3. The Bertz CT molecular complexity index is 349. The van der Waals surface area contributed by atoms with E-state index in [-0.39, 0.29) is 11.3 Å². The molecule has 1 aromatic heterocycles. The van der Waals surface area contributed by atoms with E-state index < -0.39 is 11.9 Å². The van der Waals surface area contributed by atoms with Gasteiger partial charge in [-0.25, -0.2) is 0 Å². The van der Waals surface area contributed by atoms with Crippen molar-refractivity contribution in [1.29, 1.82) is 0 Å². The number of pyridine rings is 1. The van der Waals surface area contributed by atoms with Crippen LogP contribution in [0.1, 0.15) is 16.1 Å². The van der Waals surface area contributed by atoms with Gasteiger partial charge in [0.05, 0.1) is 12.7 Å². The van der Waals surface area contributed by atoms with Gasteiger partial charge >= 0.3 is 6.18 Å². The lowest BCUT2D eigenvalue weighted by Gasteiger charge is -2.08. The van der Waals surface area contributed by atoms with E-state index in [4.69, 9.17) is 0 Å². The van der Waals surface area contributed by atoms with E-state index >= 15 is 0 Å². The maximum absolute atomic E-state index is 12.1. The number of carbonyl (C=O) groups is 1. The molecule has 0 unspecified atom stereocenters. The summed E-state index contributed by atoms with van der Waals surface area (Å²) in [6.45, 7) is 0. The fourth-order valence-corrected chi connectivity index (χ4v) is 0.868. The number of aldehydes is 1. The zero-order valence-electron chi connectivity index (χ0n) is 7.13. The first kappa shape index (κ1) is 10.5. The first-order chi connectivity index (χ1) is 6.49. The molecule has 76 valence electrons. The van der Waals surface area contributed by atoms with Crippen molar-refractivity contribution in [3.05, 3.63) is 23.5 Å². The number of alkyl halides is 3. The average Bonchev–Trinajstić information content (AvgIpc) is 2.15. The number of nitrogens with zero attached hydrogens (tertiary/aromatic N) is 1. The number of carbonyl (C=O) groups excluding carboxylic acids is 1. The fourth-order valence-electron chi connectivity index (χ4n) is 0.868. The van der Waals surface area contributed by atoms with Gasteiger partial charge in [-0.2, -0.15) is 13.2 Å². The molecule has 0 aromatic carbocycles. The van der Waals surface area contributed by atoms with Crippen LogP contribution in [-0.2, 0) is 6.18 Å². The van der Waals surface area contributed by atoms with Gasteiger partial charge in [-0.1, -0.05) is 0 Å². The highest BCUT2D eigenvalue weighted by Gasteiger charge is 2.33. The second-order valence-electron chi connectivity index (χ2n) is 2.43. The Morgan fingerprint density at radius 3 is 2.57 bits per heavy atom. The molecule has 0 amide bonds. The Balaban J connectivity index is 3.21. The molecule has 0 saturated carbocycles. The van der Waals surface area contributed by atoms with E-state index in [2.05, 4.69) is 9.72 Å². The highest BCUT2D eigenvalue weighted by molar-refractivity contribution is 5.78. The zero-order chi connectivity index (χ0) is 10.8. The minimum atomic E-state index is -4.53. The Labute approximate surface area is 77.5 Å². The molecule has 14 heavy (non-hydrogen) atoms. The molecule has 0 aliphatic carbocycles. The lowest BCUT2D eigenvalue weighted by Crippen LogP contribution is -2.08. The predicted molar refractivity (Wildman–Crippen MR) is 41.2 cm³/mol. The molecule has 1 rings (SSSR count). The quantitative estimate of drug-likeness (QED) is 0.692. The third-order valence-electron chi connectivity index (χ3n) is 1.53. The predicted octanol–water partition coefficient (Wildman–Crippen LogP) is 1.92. The lowest BCUT2D eigenvalue weighted by molar-refractivity contribution is -0.141. The van der Waals surface area contributed by atoms with Crippen molar-refractivity contribution in [2.24, 2.45) is 0 Å². The fraction of sp³-hybridized carbons (Fsp3) is 0.250. The smallest absolute Gasteiger partial charge is 0.433 e. The van der Waals surface area contributed by atoms with Crippen molar-refractivity contribution in [2.45, 2.75) is 6.18 Å². The van der Waals surface area contributed by atoms with Gasteiger partial charge in [0, 0.05) is 12.3 Å². The third-order valence-corrected chi connectivity index (χ3v) is 1.53.